The number of benzene rings is 1. The van der Waals surface area contributed by atoms with Gasteiger partial charge in [-0.05, 0) is 12.1 Å². The van der Waals surface area contributed by atoms with Gasteiger partial charge in [-0.1, -0.05) is 23.2 Å². The third kappa shape index (κ3) is 6.96. The molecule has 9 nitrogen and oxygen atoms in total. The zero-order valence-corrected chi connectivity index (χ0v) is 19.2. The van der Waals surface area contributed by atoms with Crippen LogP contribution in [-0.2, 0) is 16.0 Å². The molecule has 0 spiro atoms. The number of nitrogens with one attached hydrogen (secondary N) is 1. The number of aliphatic hydroxyl groups excluding tert-OH is 1. The standard InChI is InChI=1S/C21H24Cl2N2O7/c1-29-18-4-3-13(17(27)9-14-15(22)10-24-11-16(14)23)20(21(18)30-2)32-12-19(28)25-5-7-31-8-6-26/h3-4,10-11,26H,5-9,12H2,1-2H3,(H,25,28). The SMILES string of the molecule is COc1ccc(C(=O)Cc2c(Cl)cncc2Cl)c(OCC(=O)NCCOCCO)c1OC. The van der Waals surface area contributed by atoms with Crippen LogP contribution >= 0.6 is 23.2 Å². The molecule has 0 atom stereocenters. The number of amides is 1. The van der Waals surface area contributed by atoms with Crippen molar-refractivity contribution in [1.82, 2.24) is 10.3 Å². The number of rotatable bonds is 13. The van der Waals surface area contributed by atoms with Crippen molar-refractivity contribution in [3.63, 3.8) is 0 Å². The van der Waals surface area contributed by atoms with Crippen molar-refractivity contribution in [3.8, 4) is 17.2 Å². The predicted octanol–water partition coefficient (Wildman–Crippen LogP) is 2.33. The number of carbonyl (C=O) groups excluding carboxylic acids is 2. The lowest BCUT2D eigenvalue weighted by Gasteiger charge is -2.17. The minimum Gasteiger partial charge on any atom is -0.493 e. The summed E-state index contributed by atoms with van der Waals surface area (Å²) in [5.41, 5.74) is 0.598. The predicted molar refractivity (Wildman–Crippen MR) is 118 cm³/mol. The smallest absolute Gasteiger partial charge is 0.258 e. The van der Waals surface area contributed by atoms with Crippen molar-refractivity contribution < 1.29 is 33.6 Å². The number of methoxy groups -OCH3 is 2. The minimum atomic E-state index is -0.430. The second kappa shape index (κ2) is 13.1. The zero-order valence-electron chi connectivity index (χ0n) is 17.7. The molecule has 1 amide bonds. The molecule has 0 saturated heterocycles. The van der Waals surface area contributed by atoms with Gasteiger partial charge in [-0.15, -0.1) is 0 Å². The third-order valence-electron chi connectivity index (χ3n) is 4.24. The van der Waals surface area contributed by atoms with Crippen LogP contribution < -0.4 is 19.5 Å². The molecule has 0 fully saturated rings. The van der Waals surface area contributed by atoms with Gasteiger partial charge in [0, 0.05) is 30.9 Å². The van der Waals surface area contributed by atoms with Gasteiger partial charge in [0.1, 0.15) is 0 Å². The van der Waals surface area contributed by atoms with E-state index in [1.54, 1.807) is 6.07 Å². The Morgan fingerprint density at radius 2 is 1.78 bits per heavy atom. The lowest BCUT2D eigenvalue weighted by atomic mass is 10.0. The van der Waals surface area contributed by atoms with E-state index >= 15 is 0 Å². The molecule has 0 saturated carbocycles. The Morgan fingerprint density at radius 1 is 1.06 bits per heavy atom. The van der Waals surface area contributed by atoms with Gasteiger partial charge in [0.2, 0.25) is 5.75 Å². The molecule has 1 aromatic heterocycles. The van der Waals surface area contributed by atoms with Crippen LogP contribution in [0.1, 0.15) is 15.9 Å². The van der Waals surface area contributed by atoms with Gasteiger partial charge in [-0.2, -0.15) is 0 Å². The molecule has 2 rings (SSSR count). The summed E-state index contributed by atoms with van der Waals surface area (Å²) in [7, 11) is 2.84. The van der Waals surface area contributed by atoms with Crippen molar-refractivity contribution in [1.29, 1.82) is 0 Å². The Balaban J connectivity index is 2.20. The number of halogens is 2. The number of aliphatic hydroxyl groups is 1. The second-order valence-corrected chi connectivity index (χ2v) is 7.15. The average Bonchev–Trinajstić information content (AvgIpc) is 2.79. The molecular formula is C21H24Cl2N2O7. The number of carbonyl (C=O) groups is 2. The molecule has 0 radical (unpaired) electrons. The van der Waals surface area contributed by atoms with E-state index in [2.05, 4.69) is 10.3 Å². The molecular weight excluding hydrogens is 463 g/mol. The highest BCUT2D eigenvalue weighted by Crippen LogP contribution is 2.40. The van der Waals surface area contributed by atoms with Gasteiger partial charge >= 0.3 is 0 Å². The molecule has 0 aliphatic heterocycles. The zero-order chi connectivity index (χ0) is 23.5. The third-order valence-corrected chi connectivity index (χ3v) is 4.89. The van der Waals surface area contributed by atoms with Crippen LogP contribution in [0.2, 0.25) is 10.0 Å². The van der Waals surface area contributed by atoms with E-state index in [1.165, 1.54) is 32.7 Å². The van der Waals surface area contributed by atoms with E-state index in [0.29, 0.717) is 11.3 Å². The molecule has 174 valence electrons. The number of ether oxygens (including phenoxy) is 4. The summed E-state index contributed by atoms with van der Waals surface area (Å²) in [4.78, 5) is 29.1. The fourth-order valence-corrected chi connectivity index (χ4v) is 3.24. The fraction of sp³-hybridized carbons (Fsp3) is 0.381. The maximum absolute atomic E-state index is 13.1. The molecule has 0 bridgehead atoms. The fourth-order valence-electron chi connectivity index (χ4n) is 2.74. The van der Waals surface area contributed by atoms with Crippen molar-refractivity contribution in [3.05, 3.63) is 45.7 Å². The largest absolute Gasteiger partial charge is 0.493 e. The number of Topliss-reactive ketones (excluding diaryl/α,β-unsaturated/α-hetero) is 1. The Hall–Kier alpha value is -2.59. The minimum absolute atomic E-state index is 0.0600. The number of aromatic nitrogens is 1. The second-order valence-electron chi connectivity index (χ2n) is 6.33. The van der Waals surface area contributed by atoms with Crippen molar-refractivity contribution in [2.75, 3.05) is 47.2 Å². The first-order chi connectivity index (χ1) is 15.4. The summed E-state index contributed by atoms with van der Waals surface area (Å²) in [6.07, 6.45) is 2.69. The van der Waals surface area contributed by atoms with E-state index in [4.69, 9.17) is 47.3 Å². The van der Waals surface area contributed by atoms with Gasteiger partial charge in [0.25, 0.3) is 5.91 Å². The van der Waals surface area contributed by atoms with Crippen LogP contribution in [0.25, 0.3) is 0 Å². The van der Waals surface area contributed by atoms with Crippen LogP contribution in [0.15, 0.2) is 24.5 Å². The molecule has 0 unspecified atom stereocenters. The molecule has 32 heavy (non-hydrogen) atoms. The number of nitrogens with zero attached hydrogens (tertiary/aromatic N) is 1. The van der Waals surface area contributed by atoms with Crippen LogP contribution in [-0.4, -0.2) is 69.0 Å². The van der Waals surface area contributed by atoms with Crippen LogP contribution in [0.5, 0.6) is 17.2 Å². The lowest BCUT2D eigenvalue weighted by Crippen LogP contribution is -2.32. The van der Waals surface area contributed by atoms with Crippen molar-refractivity contribution in [2.45, 2.75) is 6.42 Å². The van der Waals surface area contributed by atoms with Gasteiger partial charge < -0.3 is 29.4 Å². The monoisotopic (exact) mass is 486 g/mol. The van der Waals surface area contributed by atoms with Gasteiger partial charge in [-0.3, -0.25) is 14.6 Å². The van der Waals surface area contributed by atoms with Crippen LogP contribution in [0.3, 0.4) is 0 Å². The van der Waals surface area contributed by atoms with Crippen molar-refractivity contribution >= 4 is 34.9 Å². The van der Waals surface area contributed by atoms with E-state index in [0.717, 1.165) is 0 Å². The van der Waals surface area contributed by atoms with Crippen molar-refractivity contribution in [2.24, 2.45) is 0 Å². The summed E-state index contributed by atoms with van der Waals surface area (Å²) >= 11 is 12.3. The summed E-state index contributed by atoms with van der Waals surface area (Å²) in [6, 6.07) is 3.08. The Labute approximate surface area is 195 Å². The van der Waals surface area contributed by atoms with Crippen LogP contribution in [0, 0.1) is 0 Å². The number of hydrogen-bond donors (Lipinski definition) is 2. The Morgan fingerprint density at radius 3 is 2.41 bits per heavy atom. The quantitative estimate of drug-likeness (QED) is 0.327. The average molecular weight is 487 g/mol. The highest BCUT2D eigenvalue weighted by atomic mass is 35.5. The highest BCUT2D eigenvalue weighted by Gasteiger charge is 2.23. The summed E-state index contributed by atoms with van der Waals surface area (Å²) in [5.74, 6) is -0.221. The lowest BCUT2D eigenvalue weighted by molar-refractivity contribution is -0.123. The number of pyridine rings is 1. The number of ketones is 1. The van der Waals surface area contributed by atoms with E-state index in [9.17, 15) is 9.59 Å². The van der Waals surface area contributed by atoms with Gasteiger partial charge in [0.15, 0.2) is 23.9 Å². The number of hydrogen-bond acceptors (Lipinski definition) is 8. The first-order valence-electron chi connectivity index (χ1n) is 9.57. The van der Waals surface area contributed by atoms with E-state index in [1.807, 2.05) is 0 Å². The maximum Gasteiger partial charge on any atom is 0.258 e. The maximum atomic E-state index is 13.1. The van der Waals surface area contributed by atoms with Crippen LogP contribution in [0.4, 0.5) is 0 Å². The molecule has 2 aromatic rings. The topological polar surface area (TPSA) is 116 Å². The van der Waals surface area contributed by atoms with Gasteiger partial charge in [0.05, 0.1) is 49.6 Å². The first kappa shape index (κ1) is 25.7. The molecule has 0 aliphatic rings. The summed E-state index contributed by atoms with van der Waals surface area (Å²) < 4.78 is 21.4. The molecule has 1 heterocycles. The normalized spacial score (nSPS) is 10.5. The highest BCUT2D eigenvalue weighted by molar-refractivity contribution is 6.36. The molecule has 11 heteroatoms. The Bertz CT molecular complexity index is 920. The summed E-state index contributed by atoms with van der Waals surface area (Å²) in [6.45, 7) is 0.193. The molecule has 2 N–H and O–H groups in total. The van der Waals surface area contributed by atoms with E-state index < -0.39 is 5.91 Å². The first-order valence-corrected chi connectivity index (χ1v) is 10.3. The Kier molecular flexibility index (Phi) is 10.5. The van der Waals surface area contributed by atoms with E-state index in [-0.39, 0.29) is 72.3 Å². The molecule has 1 aromatic carbocycles. The summed E-state index contributed by atoms with van der Waals surface area (Å²) in [5, 5.41) is 11.8. The van der Waals surface area contributed by atoms with Gasteiger partial charge in [-0.25, -0.2) is 0 Å². The molecule has 0 aliphatic carbocycles.